The Bertz CT molecular complexity index is 701. The Labute approximate surface area is 111 Å². The van der Waals surface area contributed by atoms with Crippen LogP contribution in [0.15, 0.2) is 60.8 Å². The second-order valence-corrected chi connectivity index (χ2v) is 4.46. The van der Waals surface area contributed by atoms with Crippen LogP contribution < -0.4 is 5.32 Å². The fourth-order valence-corrected chi connectivity index (χ4v) is 2.17. The van der Waals surface area contributed by atoms with Crippen molar-refractivity contribution < 1.29 is 4.79 Å². The molecule has 0 atom stereocenters. The van der Waals surface area contributed by atoms with Crippen LogP contribution in [0, 0.1) is 0 Å². The molecule has 3 aromatic rings. The highest BCUT2D eigenvalue weighted by Gasteiger charge is 2.06. The average molecular weight is 250 g/mol. The van der Waals surface area contributed by atoms with Crippen molar-refractivity contribution in [2.75, 3.05) is 5.32 Å². The number of nitrogens with one attached hydrogen (secondary N) is 2. The molecule has 2 N–H and O–H groups in total. The van der Waals surface area contributed by atoms with Gasteiger partial charge in [0.25, 0.3) is 0 Å². The standard InChI is InChI=1S/C16H14N2O/c19-16(11-12-5-2-1-3-6-12)18-15-8-4-7-14-13(15)9-10-17-14/h1-10,17H,11H2,(H,18,19). The highest BCUT2D eigenvalue weighted by Crippen LogP contribution is 2.22. The van der Waals surface area contributed by atoms with Gasteiger partial charge in [0.1, 0.15) is 0 Å². The Hall–Kier alpha value is -2.55. The molecule has 3 heteroatoms. The molecule has 0 radical (unpaired) electrons. The maximum absolute atomic E-state index is 12.0. The van der Waals surface area contributed by atoms with Crippen molar-refractivity contribution in [2.45, 2.75) is 6.42 Å². The number of hydrogen-bond donors (Lipinski definition) is 2. The van der Waals surface area contributed by atoms with Crippen molar-refractivity contribution in [3.05, 3.63) is 66.4 Å². The van der Waals surface area contributed by atoms with Crippen molar-refractivity contribution >= 4 is 22.5 Å². The number of aromatic nitrogens is 1. The van der Waals surface area contributed by atoms with E-state index in [1.165, 1.54) is 0 Å². The first-order valence-corrected chi connectivity index (χ1v) is 6.23. The molecule has 0 aliphatic rings. The number of carbonyl (C=O) groups is 1. The highest BCUT2D eigenvalue weighted by molar-refractivity contribution is 6.01. The second kappa shape index (κ2) is 4.98. The van der Waals surface area contributed by atoms with E-state index < -0.39 is 0 Å². The predicted molar refractivity (Wildman–Crippen MR) is 77.1 cm³/mol. The van der Waals surface area contributed by atoms with Gasteiger partial charge in [-0.2, -0.15) is 0 Å². The summed E-state index contributed by atoms with van der Waals surface area (Å²) in [7, 11) is 0. The number of hydrogen-bond acceptors (Lipinski definition) is 1. The molecule has 1 heterocycles. The number of fused-ring (bicyclic) bond motifs is 1. The van der Waals surface area contributed by atoms with E-state index in [4.69, 9.17) is 0 Å². The van der Waals surface area contributed by atoms with Crippen LogP contribution >= 0.6 is 0 Å². The highest BCUT2D eigenvalue weighted by atomic mass is 16.1. The van der Waals surface area contributed by atoms with Gasteiger partial charge in [0, 0.05) is 17.1 Å². The molecule has 3 nitrogen and oxygen atoms in total. The number of H-pyrrole nitrogens is 1. The number of rotatable bonds is 3. The number of anilines is 1. The van der Waals surface area contributed by atoms with Crippen molar-refractivity contribution in [3.63, 3.8) is 0 Å². The van der Waals surface area contributed by atoms with Crippen LogP contribution in [-0.2, 0) is 11.2 Å². The van der Waals surface area contributed by atoms with Crippen LogP contribution in [0.2, 0.25) is 0 Å². The smallest absolute Gasteiger partial charge is 0.228 e. The van der Waals surface area contributed by atoms with E-state index >= 15 is 0 Å². The Kier molecular flexibility index (Phi) is 3.02. The molecule has 0 aliphatic carbocycles. The zero-order chi connectivity index (χ0) is 13.1. The normalized spacial score (nSPS) is 10.5. The van der Waals surface area contributed by atoms with Crippen LogP contribution in [0.5, 0.6) is 0 Å². The zero-order valence-electron chi connectivity index (χ0n) is 10.4. The minimum atomic E-state index is -0.0000926. The molecule has 2 aromatic carbocycles. The quantitative estimate of drug-likeness (QED) is 0.735. The van der Waals surface area contributed by atoms with Crippen LogP contribution in [-0.4, -0.2) is 10.9 Å². The van der Waals surface area contributed by atoms with Gasteiger partial charge >= 0.3 is 0 Å². The lowest BCUT2D eigenvalue weighted by molar-refractivity contribution is -0.115. The van der Waals surface area contributed by atoms with Gasteiger partial charge in [0.2, 0.25) is 5.91 Å². The van der Waals surface area contributed by atoms with Gasteiger partial charge < -0.3 is 10.3 Å². The molecule has 1 aromatic heterocycles. The van der Waals surface area contributed by atoms with Crippen molar-refractivity contribution in [1.82, 2.24) is 4.98 Å². The molecular weight excluding hydrogens is 236 g/mol. The van der Waals surface area contributed by atoms with Gasteiger partial charge in [-0.1, -0.05) is 36.4 Å². The molecule has 0 spiro atoms. The summed E-state index contributed by atoms with van der Waals surface area (Å²) in [6.07, 6.45) is 2.26. The Morgan fingerprint density at radius 1 is 1.00 bits per heavy atom. The Balaban J connectivity index is 1.78. The van der Waals surface area contributed by atoms with E-state index in [2.05, 4.69) is 10.3 Å². The van der Waals surface area contributed by atoms with Crippen LogP contribution in [0.3, 0.4) is 0 Å². The fraction of sp³-hybridized carbons (Fsp3) is 0.0625. The van der Waals surface area contributed by atoms with Gasteiger partial charge in [-0.25, -0.2) is 0 Å². The maximum Gasteiger partial charge on any atom is 0.228 e. The lowest BCUT2D eigenvalue weighted by Crippen LogP contribution is -2.14. The zero-order valence-corrected chi connectivity index (χ0v) is 10.4. The van der Waals surface area contributed by atoms with Gasteiger partial charge in [-0.3, -0.25) is 4.79 Å². The van der Waals surface area contributed by atoms with Gasteiger partial charge in [-0.15, -0.1) is 0 Å². The number of aromatic amines is 1. The van der Waals surface area contributed by atoms with Gasteiger partial charge in [0.15, 0.2) is 0 Å². The molecule has 0 unspecified atom stereocenters. The second-order valence-electron chi connectivity index (χ2n) is 4.46. The molecule has 0 bridgehead atoms. The topological polar surface area (TPSA) is 44.9 Å². The van der Waals surface area contributed by atoms with Gasteiger partial charge in [-0.05, 0) is 23.8 Å². The monoisotopic (exact) mass is 250 g/mol. The first kappa shape index (κ1) is 11.5. The number of benzene rings is 2. The van der Waals surface area contributed by atoms with E-state index in [1.54, 1.807) is 0 Å². The fourth-order valence-electron chi connectivity index (χ4n) is 2.17. The molecule has 3 rings (SSSR count). The summed E-state index contributed by atoms with van der Waals surface area (Å²) in [6, 6.07) is 17.5. The summed E-state index contributed by atoms with van der Waals surface area (Å²) in [5.41, 5.74) is 2.89. The Morgan fingerprint density at radius 2 is 1.84 bits per heavy atom. The summed E-state index contributed by atoms with van der Waals surface area (Å²) in [4.78, 5) is 15.2. The predicted octanol–water partition coefficient (Wildman–Crippen LogP) is 3.35. The summed E-state index contributed by atoms with van der Waals surface area (Å²) in [5, 5.41) is 3.99. The Morgan fingerprint density at radius 3 is 2.68 bits per heavy atom. The average Bonchev–Trinajstić information content (AvgIpc) is 2.89. The maximum atomic E-state index is 12.0. The molecule has 0 fully saturated rings. The van der Waals surface area contributed by atoms with E-state index in [9.17, 15) is 4.79 Å². The summed E-state index contributed by atoms with van der Waals surface area (Å²) < 4.78 is 0. The van der Waals surface area contributed by atoms with Crippen molar-refractivity contribution in [3.8, 4) is 0 Å². The first-order chi connectivity index (χ1) is 9.33. The molecular formula is C16H14N2O. The van der Waals surface area contributed by atoms with E-state index in [1.807, 2.05) is 60.8 Å². The molecule has 94 valence electrons. The lowest BCUT2D eigenvalue weighted by atomic mass is 10.1. The third-order valence-corrected chi connectivity index (χ3v) is 3.08. The third-order valence-electron chi connectivity index (χ3n) is 3.08. The van der Waals surface area contributed by atoms with Crippen LogP contribution in [0.1, 0.15) is 5.56 Å². The van der Waals surface area contributed by atoms with Crippen LogP contribution in [0.4, 0.5) is 5.69 Å². The number of carbonyl (C=O) groups excluding carboxylic acids is 1. The largest absolute Gasteiger partial charge is 0.361 e. The van der Waals surface area contributed by atoms with E-state index in [0.717, 1.165) is 22.2 Å². The molecule has 0 saturated carbocycles. The summed E-state index contributed by atoms with van der Waals surface area (Å²) in [6.45, 7) is 0. The van der Waals surface area contributed by atoms with Crippen molar-refractivity contribution in [1.29, 1.82) is 0 Å². The van der Waals surface area contributed by atoms with E-state index in [0.29, 0.717) is 6.42 Å². The van der Waals surface area contributed by atoms with Crippen LogP contribution in [0.25, 0.3) is 10.9 Å². The summed E-state index contributed by atoms with van der Waals surface area (Å²) in [5.74, 6) is -0.0000926. The number of amides is 1. The lowest BCUT2D eigenvalue weighted by Gasteiger charge is -2.06. The minimum absolute atomic E-state index is 0.0000926. The molecule has 0 aliphatic heterocycles. The van der Waals surface area contributed by atoms with Gasteiger partial charge in [0.05, 0.1) is 12.1 Å². The molecule has 0 saturated heterocycles. The summed E-state index contributed by atoms with van der Waals surface area (Å²) >= 11 is 0. The molecule has 19 heavy (non-hydrogen) atoms. The molecule has 1 amide bonds. The van der Waals surface area contributed by atoms with E-state index in [-0.39, 0.29) is 5.91 Å². The minimum Gasteiger partial charge on any atom is -0.361 e. The van der Waals surface area contributed by atoms with Crippen molar-refractivity contribution in [2.24, 2.45) is 0 Å². The third kappa shape index (κ3) is 2.50. The SMILES string of the molecule is O=C(Cc1ccccc1)Nc1cccc2[nH]ccc12. The first-order valence-electron chi connectivity index (χ1n) is 6.23.